The third kappa shape index (κ3) is 2.90. The predicted octanol–water partition coefficient (Wildman–Crippen LogP) is 3.53. The van der Waals surface area contributed by atoms with E-state index in [1.54, 1.807) is 41.7 Å². The van der Waals surface area contributed by atoms with E-state index in [1.165, 1.54) is 0 Å². The van der Waals surface area contributed by atoms with Gasteiger partial charge in [-0.25, -0.2) is 15.5 Å². The number of fused-ring (bicyclic) bond motifs is 1. The Kier molecular flexibility index (Phi) is 4.09. The Morgan fingerprint density at radius 2 is 1.97 bits per heavy atom. The van der Waals surface area contributed by atoms with Crippen LogP contribution in [0.5, 0.6) is 0 Å². The van der Waals surface area contributed by atoms with Gasteiger partial charge in [-0.1, -0.05) is 6.07 Å². The molecule has 2 aliphatic heterocycles. The van der Waals surface area contributed by atoms with Crippen LogP contribution < -0.4 is 5.48 Å². The van der Waals surface area contributed by atoms with Gasteiger partial charge >= 0.3 is 0 Å². The molecular formula is C22H16N6O2. The molecule has 0 aliphatic carbocycles. The minimum absolute atomic E-state index is 0.360. The lowest BCUT2D eigenvalue weighted by molar-refractivity contribution is -0.112. The van der Waals surface area contributed by atoms with E-state index in [-0.39, 0.29) is 0 Å². The largest absolute Gasteiger partial charge is 0.426 e. The molecule has 1 aromatic carbocycles. The van der Waals surface area contributed by atoms with Crippen molar-refractivity contribution in [3.05, 3.63) is 89.7 Å². The van der Waals surface area contributed by atoms with Crippen LogP contribution in [0.25, 0.3) is 28.3 Å². The normalized spacial score (nSPS) is 14.6. The van der Waals surface area contributed by atoms with Gasteiger partial charge in [-0.3, -0.25) is 4.98 Å². The summed E-state index contributed by atoms with van der Waals surface area (Å²) in [6, 6.07) is 14.6. The molecule has 0 atom stereocenters. The Balaban J connectivity index is 1.70. The van der Waals surface area contributed by atoms with Crippen LogP contribution in [-0.2, 0) is 4.94 Å². The molecule has 146 valence electrons. The highest BCUT2D eigenvalue weighted by Crippen LogP contribution is 2.35. The fourth-order valence-corrected chi connectivity index (χ4v) is 3.38. The molecule has 8 nitrogen and oxygen atoms in total. The lowest BCUT2D eigenvalue weighted by Crippen LogP contribution is -2.15. The molecule has 2 aliphatic rings. The Morgan fingerprint density at radius 1 is 1.13 bits per heavy atom. The zero-order valence-corrected chi connectivity index (χ0v) is 15.9. The van der Waals surface area contributed by atoms with Gasteiger partial charge in [0.25, 0.3) is 0 Å². The maximum Gasteiger partial charge on any atom is 0.176 e. The summed E-state index contributed by atoms with van der Waals surface area (Å²) in [7, 11) is 0. The van der Waals surface area contributed by atoms with E-state index in [4.69, 9.17) is 15.2 Å². The highest BCUT2D eigenvalue weighted by molar-refractivity contribution is 5.85. The summed E-state index contributed by atoms with van der Waals surface area (Å²) in [5, 5.41) is 21.7. The molecule has 8 heteroatoms. The molecule has 0 saturated carbocycles. The van der Waals surface area contributed by atoms with Crippen molar-refractivity contribution in [2.75, 3.05) is 0 Å². The maximum absolute atomic E-state index is 11.1. The SMILES string of the molecule is Cc1cccc(-c2c(C3=CC4=CNON4C=C3)nc(-c3ccc(C#N)cc3)n2O)n1. The van der Waals surface area contributed by atoms with Gasteiger partial charge in [0, 0.05) is 23.0 Å². The predicted molar refractivity (Wildman–Crippen MR) is 109 cm³/mol. The van der Waals surface area contributed by atoms with Crippen molar-refractivity contribution in [2.45, 2.75) is 6.92 Å². The van der Waals surface area contributed by atoms with Crippen molar-refractivity contribution >= 4 is 5.57 Å². The summed E-state index contributed by atoms with van der Waals surface area (Å²) in [5.74, 6) is 0.360. The first-order valence-corrected chi connectivity index (χ1v) is 9.23. The van der Waals surface area contributed by atoms with Gasteiger partial charge in [0.15, 0.2) is 5.82 Å². The van der Waals surface area contributed by atoms with Crippen molar-refractivity contribution in [1.29, 1.82) is 5.26 Å². The Labute approximate surface area is 172 Å². The fraction of sp³-hybridized carbons (Fsp3) is 0.0455. The monoisotopic (exact) mass is 396 g/mol. The zero-order valence-electron chi connectivity index (χ0n) is 15.9. The minimum atomic E-state index is 0.360. The van der Waals surface area contributed by atoms with Gasteiger partial charge in [0.05, 0.1) is 29.2 Å². The maximum atomic E-state index is 11.1. The summed E-state index contributed by atoms with van der Waals surface area (Å²) in [5.41, 5.74) is 8.02. The van der Waals surface area contributed by atoms with E-state index in [2.05, 4.69) is 16.5 Å². The molecule has 0 unspecified atom stereocenters. The Hall–Kier alpha value is -4.35. The van der Waals surface area contributed by atoms with Gasteiger partial charge in [-0.2, -0.15) is 14.9 Å². The number of aryl methyl sites for hydroxylation is 1. The summed E-state index contributed by atoms with van der Waals surface area (Å²) in [6.07, 6.45) is 7.26. The standard InChI is InChI=1S/C22H16N6O2/c1-14-3-2-4-19(25-14)21-20(17-9-10-27-18(11-17)13-24-30-27)26-22(28(21)29)16-7-5-15(12-23)6-8-16/h2-11,13,24,29H,1H3. The topological polar surface area (TPSA) is 99.2 Å². The highest BCUT2D eigenvalue weighted by Gasteiger charge is 2.25. The van der Waals surface area contributed by atoms with Crippen LogP contribution in [-0.4, -0.2) is 25.0 Å². The van der Waals surface area contributed by atoms with Gasteiger partial charge in [0.2, 0.25) is 0 Å². The first kappa shape index (κ1) is 17.7. The number of nitriles is 1. The van der Waals surface area contributed by atoms with Crippen LogP contribution in [0, 0.1) is 18.3 Å². The second-order valence-corrected chi connectivity index (χ2v) is 6.82. The molecule has 0 bridgehead atoms. The first-order valence-electron chi connectivity index (χ1n) is 9.23. The minimum Gasteiger partial charge on any atom is -0.426 e. The molecular weight excluding hydrogens is 380 g/mol. The molecule has 0 radical (unpaired) electrons. The van der Waals surface area contributed by atoms with Crippen molar-refractivity contribution in [3.8, 4) is 28.8 Å². The fourth-order valence-electron chi connectivity index (χ4n) is 3.38. The number of rotatable bonds is 3. The van der Waals surface area contributed by atoms with Crippen molar-refractivity contribution in [3.63, 3.8) is 0 Å². The van der Waals surface area contributed by atoms with E-state index < -0.39 is 0 Å². The molecule has 2 N–H and O–H groups in total. The quantitative estimate of drug-likeness (QED) is 0.653. The molecule has 30 heavy (non-hydrogen) atoms. The number of hydroxylamine groups is 3. The van der Waals surface area contributed by atoms with Crippen LogP contribution in [0.4, 0.5) is 0 Å². The Bertz CT molecular complexity index is 1280. The second-order valence-electron chi connectivity index (χ2n) is 6.82. The number of nitrogens with one attached hydrogen (secondary N) is 1. The van der Waals surface area contributed by atoms with Crippen molar-refractivity contribution in [1.82, 2.24) is 25.2 Å². The van der Waals surface area contributed by atoms with Crippen LogP contribution in [0.15, 0.2) is 72.7 Å². The van der Waals surface area contributed by atoms with E-state index in [9.17, 15) is 5.21 Å². The third-order valence-corrected chi connectivity index (χ3v) is 4.84. The highest BCUT2D eigenvalue weighted by atomic mass is 16.8. The van der Waals surface area contributed by atoms with Crippen molar-refractivity contribution in [2.24, 2.45) is 0 Å². The number of aromatic nitrogens is 3. The van der Waals surface area contributed by atoms with E-state index in [0.717, 1.165) is 21.7 Å². The third-order valence-electron chi connectivity index (χ3n) is 4.84. The summed E-state index contributed by atoms with van der Waals surface area (Å²) >= 11 is 0. The lowest BCUT2D eigenvalue weighted by Gasteiger charge is -2.16. The first-order chi connectivity index (χ1) is 14.6. The zero-order chi connectivity index (χ0) is 20.7. The number of allylic oxidation sites excluding steroid dienone is 3. The average molecular weight is 396 g/mol. The molecule has 2 aromatic heterocycles. The second kappa shape index (κ2) is 6.92. The van der Waals surface area contributed by atoms with Gasteiger partial charge in [-0.05, 0) is 55.5 Å². The smallest absolute Gasteiger partial charge is 0.176 e. The molecule has 3 aromatic rings. The van der Waals surface area contributed by atoms with Crippen LogP contribution in [0.3, 0.4) is 0 Å². The number of hydrogen-bond donors (Lipinski definition) is 2. The van der Waals surface area contributed by atoms with Gasteiger partial charge in [-0.15, -0.1) is 0 Å². The molecule has 0 spiro atoms. The van der Waals surface area contributed by atoms with E-state index in [0.29, 0.717) is 34.0 Å². The molecule has 0 fully saturated rings. The van der Waals surface area contributed by atoms with E-state index in [1.807, 2.05) is 37.3 Å². The molecule has 4 heterocycles. The summed E-state index contributed by atoms with van der Waals surface area (Å²) < 4.78 is 1.05. The van der Waals surface area contributed by atoms with Crippen LogP contribution >= 0.6 is 0 Å². The van der Waals surface area contributed by atoms with Crippen LogP contribution in [0.1, 0.15) is 17.0 Å². The summed E-state index contributed by atoms with van der Waals surface area (Å²) in [6.45, 7) is 1.90. The number of benzene rings is 1. The van der Waals surface area contributed by atoms with Gasteiger partial charge in [0.1, 0.15) is 11.4 Å². The van der Waals surface area contributed by atoms with E-state index >= 15 is 0 Å². The van der Waals surface area contributed by atoms with Crippen molar-refractivity contribution < 1.29 is 10.1 Å². The lowest BCUT2D eigenvalue weighted by atomic mass is 10.1. The number of nitrogens with zero attached hydrogens (tertiary/aromatic N) is 5. The average Bonchev–Trinajstić information content (AvgIpc) is 3.37. The number of imidazole rings is 1. The summed E-state index contributed by atoms with van der Waals surface area (Å²) in [4.78, 5) is 14.6. The molecule has 0 saturated heterocycles. The van der Waals surface area contributed by atoms with Crippen LogP contribution in [0.2, 0.25) is 0 Å². The number of hydrogen-bond acceptors (Lipinski definition) is 7. The van der Waals surface area contributed by atoms with Gasteiger partial charge < -0.3 is 5.21 Å². The molecule has 0 amide bonds. The number of pyridine rings is 1. The molecule has 5 rings (SSSR count). The Morgan fingerprint density at radius 3 is 2.73 bits per heavy atom.